The first-order chi connectivity index (χ1) is 11.2. The average Bonchev–Trinajstić information content (AvgIpc) is 2.60. The molecule has 0 aliphatic rings. The zero-order valence-corrected chi connectivity index (χ0v) is 12.4. The second-order valence-corrected chi connectivity index (χ2v) is 5.03. The van der Waals surface area contributed by atoms with Crippen LogP contribution in [0.3, 0.4) is 0 Å². The van der Waals surface area contributed by atoms with Gasteiger partial charge in [-0.1, -0.05) is 18.2 Å². The lowest BCUT2D eigenvalue weighted by molar-refractivity contribution is 0.415. The van der Waals surface area contributed by atoms with Crippen LogP contribution in [0.5, 0.6) is 11.5 Å². The summed E-state index contributed by atoms with van der Waals surface area (Å²) in [4.78, 5) is 0. The Morgan fingerprint density at radius 3 is 2.35 bits per heavy atom. The van der Waals surface area contributed by atoms with E-state index < -0.39 is 0 Å². The molecule has 1 N–H and O–H groups in total. The van der Waals surface area contributed by atoms with Crippen molar-refractivity contribution in [3.05, 3.63) is 59.7 Å². The Kier molecular flexibility index (Phi) is 3.58. The molecule has 23 heavy (non-hydrogen) atoms. The smallest absolute Gasteiger partial charge is 0.134 e. The van der Waals surface area contributed by atoms with Gasteiger partial charge in [0.2, 0.25) is 0 Å². The van der Waals surface area contributed by atoms with E-state index in [-0.39, 0.29) is 11.3 Å². The Balaban J connectivity index is 2.28. The van der Waals surface area contributed by atoms with Crippen LogP contribution in [0.1, 0.15) is 11.1 Å². The minimum Gasteiger partial charge on any atom is -0.507 e. The number of fused-ring (bicyclic) bond motifs is 1. The summed E-state index contributed by atoms with van der Waals surface area (Å²) >= 11 is 0. The molecule has 0 heterocycles. The zero-order chi connectivity index (χ0) is 16.4. The fourth-order valence-electron chi connectivity index (χ4n) is 2.60. The molecule has 3 aromatic rings. The van der Waals surface area contributed by atoms with Gasteiger partial charge in [0.25, 0.3) is 0 Å². The number of aromatic hydroxyl groups is 1. The van der Waals surface area contributed by atoms with Gasteiger partial charge in [-0.2, -0.15) is 10.5 Å². The third kappa shape index (κ3) is 2.43. The van der Waals surface area contributed by atoms with E-state index in [0.29, 0.717) is 16.7 Å². The SMILES string of the molecule is COc1ccc2cc(-c3c(C#N)ccc(O)c3C#N)ccc2c1. The minimum absolute atomic E-state index is 0.108. The van der Waals surface area contributed by atoms with E-state index in [1.165, 1.54) is 12.1 Å². The number of nitriles is 2. The summed E-state index contributed by atoms with van der Waals surface area (Å²) in [6, 6.07) is 18.3. The molecule has 0 amide bonds. The van der Waals surface area contributed by atoms with Gasteiger partial charge in [0.15, 0.2) is 0 Å². The number of phenolic OH excluding ortho intramolecular Hbond substituents is 1. The fourth-order valence-corrected chi connectivity index (χ4v) is 2.60. The summed E-state index contributed by atoms with van der Waals surface area (Å²) in [6.07, 6.45) is 0. The number of rotatable bonds is 2. The molecule has 0 saturated carbocycles. The number of nitrogens with zero attached hydrogens (tertiary/aromatic N) is 2. The van der Waals surface area contributed by atoms with Crippen molar-refractivity contribution in [1.29, 1.82) is 10.5 Å². The zero-order valence-electron chi connectivity index (χ0n) is 12.4. The van der Waals surface area contributed by atoms with Gasteiger partial charge in [0.1, 0.15) is 23.1 Å². The third-order valence-electron chi connectivity index (χ3n) is 3.75. The summed E-state index contributed by atoms with van der Waals surface area (Å²) in [7, 11) is 1.61. The second-order valence-electron chi connectivity index (χ2n) is 5.03. The summed E-state index contributed by atoms with van der Waals surface area (Å²) < 4.78 is 5.21. The monoisotopic (exact) mass is 300 g/mol. The first-order valence-corrected chi connectivity index (χ1v) is 6.92. The molecule has 4 nitrogen and oxygen atoms in total. The van der Waals surface area contributed by atoms with Gasteiger partial charge in [-0.05, 0) is 46.7 Å². The fraction of sp³-hybridized carbons (Fsp3) is 0.0526. The molecule has 0 radical (unpaired) electrons. The topological polar surface area (TPSA) is 77.0 Å². The highest BCUT2D eigenvalue weighted by Crippen LogP contribution is 2.34. The number of methoxy groups -OCH3 is 1. The van der Waals surface area contributed by atoms with Gasteiger partial charge < -0.3 is 9.84 Å². The van der Waals surface area contributed by atoms with E-state index >= 15 is 0 Å². The van der Waals surface area contributed by atoms with Gasteiger partial charge in [-0.15, -0.1) is 0 Å². The lowest BCUT2D eigenvalue weighted by atomic mass is 9.93. The lowest BCUT2D eigenvalue weighted by Gasteiger charge is -2.10. The maximum Gasteiger partial charge on any atom is 0.134 e. The molecule has 3 rings (SSSR count). The second kappa shape index (κ2) is 5.71. The van der Waals surface area contributed by atoms with E-state index in [0.717, 1.165) is 16.5 Å². The van der Waals surface area contributed by atoms with Crippen molar-refractivity contribution >= 4 is 10.8 Å². The quantitative estimate of drug-likeness (QED) is 0.777. The summed E-state index contributed by atoms with van der Waals surface area (Å²) in [5.41, 5.74) is 1.63. The first-order valence-electron chi connectivity index (χ1n) is 6.92. The summed E-state index contributed by atoms with van der Waals surface area (Å²) in [5, 5.41) is 30.5. The van der Waals surface area contributed by atoms with Crippen molar-refractivity contribution < 1.29 is 9.84 Å². The molecule has 0 fully saturated rings. The molecule has 3 aromatic carbocycles. The average molecular weight is 300 g/mol. The van der Waals surface area contributed by atoms with E-state index in [1.54, 1.807) is 7.11 Å². The van der Waals surface area contributed by atoms with Crippen LogP contribution < -0.4 is 4.74 Å². The standard InChI is InChI=1S/C19H12N2O2/c1-23-16-6-4-12-8-14(3-2-13(12)9-16)19-15(10-20)5-7-18(22)17(19)11-21/h2-9,22H,1H3. The predicted molar refractivity (Wildman–Crippen MR) is 87.0 cm³/mol. The molecular formula is C19H12N2O2. The third-order valence-corrected chi connectivity index (χ3v) is 3.75. The van der Waals surface area contributed by atoms with E-state index in [4.69, 9.17) is 4.74 Å². The molecule has 0 saturated heterocycles. The largest absolute Gasteiger partial charge is 0.507 e. The van der Waals surface area contributed by atoms with Crippen molar-refractivity contribution in [2.75, 3.05) is 7.11 Å². The minimum atomic E-state index is -0.128. The van der Waals surface area contributed by atoms with Crippen LogP contribution in [0.25, 0.3) is 21.9 Å². The highest BCUT2D eigenvalue weighted by Gasteiger charge is 2.15. The highest BCUT2D eigenvalue weighted by molar-refractivity contribution is 5.90. The van der Waals surface area contributed by atoms with Gasteiger partial charge in [0, 0.05) is 5.56 Å². The maximum atomic E-state index is 9.91. The number of hydrogen-bond acceptors (Lipinski definition) is 4. The van der Waals surface area contributed by atoms with E-state index in [2.05, 4.69) is 6.07 Å². The predicted octanol–water partition coefficient (Wildman–Crippen LogP) is 3.96. The molecule has 0 spiro atoms. The Labute approximate surface area is 133 Å². The number of phenols is 1. The van der Waals surface area contributed by atoms with Crippen molar-refractivity contribution in [2.24, 2.45) is 0 Å². The van der Waals surface area contributed by atoms with Crippen LogP contribution >= 0.6 is 0 Å². The van der Waals surface area contributed by atoms with Crippen molar-refractivity contribution in [3.63, 3.8) is 0 Å². The van der Waals surface area contributed by atoms with Crippen LogP contribution in [0.2, 0.25) is 0 Å². The molecular weight excluding hydrogens is 288 g/mol. The first kappa shape index (κ1) is 14.4. The van der Waals surface area contributed by atoms with Crippen molar-refractivity contribution in [2.45, 2.75) is 0 Å². The molecule has 0 bridgehead atoms. The molecule has 0 aliphatic carbocycles. The Morgan fingerprint density at radius 2 is 1.65 bits per heavy atom. The van der Waals surface area contributed by atoms with E-state index in [1.807, 2.05) is 42.5 Å². The Bertz CT molecular complexity index is 995. The van der Waals surface area contributed by atoms with Gasteiger partial charge >= 0.3 is 0 Å². The van der Waals surface area contributed by atoms with Crippen LogP contribution in [-0.2, 0) is 0 Å². The molecule has 0 unspecified atom stereocenters. The molecule has 110 valence electrons. The van der Waals surface area contributed by atoms with Gasteiger partial charge in [-0.3, -0.25) is 0 Å². The molecule has 0 aliphatic heterocycles. The van der Waals surface area contributed by atoms with Crippen molar-refractivity contribution in [3.8, 4) is 34.8 Å². The number of ether oxygens (including phenoxy) is 1. The van der Waals surface area contributed by atoms with Gasteiger partial charge in [-0.25, -0.2) is 0 Å². The van der Waals surface area contributed by atoms with Crippen LogP contribution in [0, 0.1) is 22.7 Å². The normalized spacial score (nSPS) is 10.0. The molecule has 4 heteroatoms. The Hall–Kier alpha value is -3.50. The molecule has 0 aromatic heterocycles. The van der Waals surface area contributed by atoms with Crippen LogP contribution in [0.4, 0.5) is 0 Å². The number of hydrogen-bond donors (Lipinski definition) is 1. The van der Waals surface area contributed by atoms with Crippen molar-refractivity contribution in [1.82, 2.24) is 0 Å². The number of benzene rings is 3. The highest BCUT2D eigenvalue weighted by atomic mass is 16.5. The lowest BCUT2D eigenvalue weighted by Crippen LogP contribution is -1.91. The van der Waals surface area contributed by atoms with Crippen LogP contribution in [0.15, 0.2) is 48.5 Å². The van der Waals surface area contributed by atoms with Gasteiger partial charge in [0.05, 0.1) is 18.7 Å². The maximum absolute atomic E-state index is 9.91. The Morgan fingerprint density at radius 1 is 0.913 bits per heavy atom. The van der Waals surface area contributed by atoms with E-state index in [9.17, 15) is 15.6 Å². The summed E-state index contributed by atoms with van der Waals surface area (Å²) in [6.45, 7) is 0. The van der Waals surface area contributed by atoms with Crippen LogP contribution in [-0.4, -0.2) is 12.2 Å². The summed E-state index contributed by atoms with van der Waals surface area (Å²) in [5.74, 6) is 0.634. The molecule has 0 atom stereocenters.